The zero-order valence-corrected chi connectivity index (χ0v) is 15.3. The lowest BCUT2D eigenvalue weighted by Crippen LogP contribution is -2.37. The first-order chi connectivity index (χ1) is 11.3. The predicted octanol–water partition coefficient (Wildman–Crippen LogP) is 4.05. The Hall–Kier alpha value is -2.29. The Morgan fingerprint density at radius 2 is 1.75 bits per heavy atom. The molecule has 2 aromatic rings. The third-order valence-corrected chi connectivity index (χ3v) is 4.23. The highest BCUT2D eigenvalue weighted by molar-refractivity contribution is 5.79. The van der Waals surface area contributed by atoms with Gasteiger partial charge in [0.15, 0.2) is 0 Å². The van der Waals surface area contributed by atoms with Crippen molar-refractivity contribution in [2.45, 2.75) is 47.1 Å². The number of benzene rings is 2. The van der Waals surface area contributed by atoms with Crippen molar-refractivity contribution in [3.63, 3.8) is 0 Å². The molecule has 128 valence electrons. The van der Waals surface area contributed by atoms with Crippen LogP contribution in [0.25, 0.3) is 0 Å². The molecular formula is C21H27NO2. The van der Waals surface area contributed by atoms with E-state index < -0.39 is 0 Å². The summed E-state index contributed by atoms with van der Waals surface area (Å²) in [6.45, 7) is 10.7. The minimum absolute atomic E-state index is 0.0261. The maximum Gasteiger partial charge on any atom is 0.224 e. The largest absolute Gasteiger partial charge is 0.491 e. The fraction of sp³-hybridized carbons (Fsp3) is 0.381. The number of hydrogen-bond donors (Lipinski definition) is 1. The average molecular weight is 325 g/mol. The Morgan fingerprint density at radius 1 is 1.00 bits per heavy atom. The second-order valence-electron chi connectivity index (χ2n) is 6.63. The minimum atomic E-state index is -0.0372. The van der Waals surface area contributed by atoms with Crippen molar-refractivity contribution >= 4 is 5.91 Å². The van der Waals surface area contributed by atoms with Gasteiger partial charge in [-0.15, -0.1) is 0 Å². The predicted molar refractivity (Wildman–Crippen MR) is 98.6 cm³/mol. The van der Waals surface area contributed by atoms with Crippen LogP contribution in [0.3, 0.4) is 0 Å². The van der Waals surface area contributed by atoms with E-state index in [0.29, 0.717) is 13.0 Å². The summed E-state index contributed by atoms with van der Waals surface area (Å²) in [6.07, 6.45) is 0.403. The molecule has 0 aliphatic carbocycles. The molecule has 0 radical (unpaired) electrons. The van der Waals surface area contributed by atoms with Crippen LogP contribution in [0, 0.1) is 27.7 Å². The zero-order chi connectivity index (χ0) is 17.7. The summed E-state index contributed by atoms with van der Waals surface area (Å²) in [5.74, 6) is 0.867. The van der Waals surface area contributed by atoms with Crippen molar-refractivity contribution in [1.29, 1.82) is 0 Å². The van der Waals surface area contributed by atoms with E-state index in [9.17, 15) is 4.79 Å². The van der Waals surface area contributed by atoms with Gasteiger partial charge in [0.1, 0.15) is 12.4 Å². The van der Waals surface area contributed by atoms with Crippen molar-refractivity contribution in [2.75, 3.05) is 6.61 Å². The van der Waals surface area contributed by atoms with E-state index in [-0.39, 0.29) is 11.9 Å². The summed E-state index contributed by atoms with van der Waals surface area (Å²) in [6, 6.07) is 12.2. The molecule has 0 aliphatic heterocycles. The number of ether oxygens (including phenoxy) is 1. The molecule has 0 fully saturated rings. The van der Waals surface area contributed by atoms with E-state index in [1.54, 1.807) is 0 Å². The highest BCUT2D eigenvalue weighted by Gasteiger charge is 2.10. The quantitative estimate of drug-likeness (QED) is 0.870. The SMILES string of the molecule is Cc1ccc(CC(=O)N[C@H](C)COc2ccc(C)c(C)c2)c(C)c1. The van der Waals surface area contributed by atoms with E-state index in [0.717, 1.165) is 16.9 Å². The van der Waals surface area contributed by atoms with Crippen LogP contribution >= 0.6 is 0 Å². The molecule has 2 aromatic carbocycles. The monoisotopic (exact) mass is 325 g/mol. The Labute approximate surface area is 145 Å². The lowest BCUT2D eigenvalue weighted by Gasteiger charge is -2.16. The second-order valence-corrected chi connectivity index (χ2v) is 6.63. The highest BCUT2D eigenvalue weighted by atomic mass is 16.5. The normalized spacial score (nSPS) is 11.9. The van der Waals surface area contributed by atoms with Gasteiger partial charge in [-0.1, -0.05) is 29.8 Å². The molecule has 1 amide bonds. The van der Waals surface area contributed by atoms with Crippen LogP contribution in [0.4, 0.5) is 0 Å². The van der Waals surface area contributed by atoms with Gasteiger partial charge in [0.2, 0.25) is 5.91 Å². The molecule has 0 unspecified atom stereocenters. The van der Waals surface area contributed by atoms with E-state index in [1.807, 2.05) is 44.2 Å². The number of rotatable bonds is 6. The lowest BCUT2D eigenvalue weighted by atomic mass is 10.0. The molecule has 3 heteroatoms. The molecule has 0 saturated heterocycles. The molecule has 1 N–H and O–H groups in total. The van der Waals surface area contributed by atoms with Crippen molar-refractivity contribution in [2.24, 2.45) is 0 Å². The third-order valence-electron chi connectivity index (χ3n) is 4.23. The molecule has 24 heavy (non-hydrogen) atoms. The lowest BCUT2D eigenvalue weighted by molar-refractivity contribution is -0.121. The molecule has 0 aliphatic rings. The minimum Gasteiger partial charge on any atom is -0.491 e. The third kappa shape index (κ3) is 5.12. The van der Waals surface area contributed by atoms with Gasteiger partial charge in [-0.05, 0) is 69.0 Å². The van der Waals surface area contributed by atoms with Crippen LogP contribution in [0.2, 0.25) is 0 Å². The standard InChI is InChI=1S/C21H27NO2/c1-14-6-8-19(17(4)10-14)12-21(23)22-18(5)13-24-20-9-7-15(2)16(3)11-20/h6-11,18H,12-13H2,1-5H3,(H,22,23)/t18-/m1/s1. The first-order valence-corrected chi connectivity index (χ1v) is 8.40. The number of hydrogen-bond acceptors (Lipinski definition) is 2. The van der Waals surface area contributed by atoms with Gasteiger partial charge in [-0.3, -0.25) is 4.79 Å². The number of carbonyl (C=O) groups excluding carboxylic acids is 1. The van der Waals surface area contributed by atoms with Gasteiger partial charge < -0.3 is 10.1 Å². The van der Waals surface area contributed by atoms with E-state index >= 15 is 0 Å². The van der Waals surface area contributed by atoms with Gasteiger partial charge in [-0.2, -0.15) is 0 Å². The van der Waals surface area contributed by atoms with Crippen LogP contribution in [-0.2, 0) is 11.2 Å². The van der Waals surface area contributed by atoms with Crippen LogP contribution in [0.5, 0.6) is 5.75 Å². The first-order valence-electron chi connectivity index (χ1n) is 8.40. The Balaban J connectivity index is 1.83. The maximum absolute atomic E-state index is 12.2. The van der Waals surface area contributed by atoms with Crippen molar-refractivity contribution in [1.82, 2.24) is 5.32 Å². The Bertz CT molecular complexity index is 722. The van der Waals surface area contributed by atoms with Gasteiger partial charge in [0.05, 0.1) is 12.5 Å². The van der Waals surface area contributed by atoms with Crippen LogP contribution < -0.4 is 10.1 Å². The summed E-state index contributed by atoms with van der Waals surface area (Å²) in [7, 11) is 0. The fourth-order valence-corrected chi connectivity index (χ4v) is 2.61. The molecule has 2 rings (SSSR count). The van der Waals surface area contributed by atoms with Gasteiger partial charge in [0.25, 0.3) is 0 Å². The molecular weight excluding hydrogens is 298 g/mol. The molecule has 1 atom stereocenters. The number of carbonyl (C=O) groups is 1. The van der Waals surface area contributed by atoms with Gasteiger partial charge in [0, 0.05) is 0 Å². The Kier molecular flexibility index (Phi) is 6.02. The molecule has 0 saturated carbocycles. The van der Waals surface area contributed by atoms with Crippen molar-refractivity contribution in [3.05, 3.63) is 64.2 Å². The molecule has 0 heterocycles. The topological polar surface area (TPSA) is 38.3 Å². The van der Waals surface area contributed by atoms with Crippen molar-refractivity contribution in [3.8, 4) is 5.75 Å². The smallest absolute Gasteiger partial charge is 0.224 e. The fourth-order valence-electron chi connectivity index (χ4n) is 2.61. The maximum atomic E-state index is 12.2. The van der Waals surface area contributed by atoms with E-state index in [2.05, 4.69) is 32.2 Å². The molecule has 3 nitrogen and oxygen atoms in total. The summed E-state index contributed by atoms with van der Waals surface area (Å²) < 4.78 is 5.78. The second kappa shape index (κ2) is 8.00. The van der Waals surface area contributed by atoms with Gasteiger partial charge in [-0.25, -0.2) is 0 Å². The average Bonchev–Trinajstić information content (AvgIpc) is 2.51. The van der Waals surface area contributed by atoms with E-state index in [1.165, 1.54) is 16.7 Å². The van der Waals surface area contributed by atoms with Crippen LogP contribution in [0.15, 0.2) is 36.4 Å². The van der Waals surface area contributed by atoms with Gasteiger partial charge >= 0.3 is 0 Å². The van der Waals surface area contributed by atoms with Crippen LogP contribution in [0.1, 0.15) is 34.7 Å². The summed E-state index contributed by atoms with van der Waals surface area (Å²) in [4.78, 5) is 12.2. The van der Waals surface area contributed by atoms with E-state index in [4.69, 9.17) is 4.74 Å². The molecule has 0 bridgehead atoms. The number of amides is 1. The van der Waals surface area contributed by atoms with Crippen molar-refractivity contribution < 1.29 is 9.53 Å². The summed E-state index contributed by atoms with van der Waals surface area (Å²) in [5.41, 5.74) is 5.90. The first kappa shape index (κ1) is 18.1. The number of nitrogens with one attached hydrogen (secondary N) is 1. The number of aryl methyl sites for hydroxylation is 4. The highest BCUT2D eigenvalue weighted by Crippen LogP contribution is 2.16. The molecule has 0 aromatic heterocycles. The zero-order valence-electron chi connectivity index (χ0n) is 15.3. The summed E-state index contributed by atoms with van der Waals surface area (Å²) in [5, 5.41) is 3.00. The summed E-state index contributed by atoms with van der Waals surface area (Å²) >= 11 is 0. The molecule has 0 spiro atoms. The van der Waals surface area contributed by atoms with Crippen LogP contribution in [-0.4, -0.2) is 18.6 Å². The Morgan fingerprint density at radius 3 is 2.42 bits per heavy atom.